The molecule has 1 nitrogen and oxygen atoms in total. The maximum absolute atomic E-state index is 6.60. The monoisotopic (exact) mass is 222 g/mol. The summed E-state index contributed by atoms with van der Waals surface area (Å²) >= 11 is 0. The molecule has 0 spiro atoms. The second-order valence-electron chi connectivity index (χ2n) is 7.16. The van der Waals surface area contributed by atoms with Crippen LogP contribution >= 0.6 is 0 Å². The maximum Gasteiger partial charge on any atom is 0.0716 e. The molecule has 2 bridgehead atoms. The smallest absolute Gasteiger partial charge is 0.0716 e. The average molecular weight is 222 g/mol. The van der Waals surface area contributed by atoms with Crippen LogP contribution in [0, 0.1) is 23.7 Å². The molecule has 2 aliphatic heterocycles. The highest BCUT2D eigenvalue weighted by atomic mass is 16.5. The molecule has 0 aromatic carbocycles. The molecule has 0 amide bonds. The molecule has 0 radical (unpaired) electrons. The van der Waals surface area contributed by atoms with Gasteiger partial charge >= 0.3 is 0 Å². The third-order valence-electron chi connectivity index (χ3n) is 6.08. The van der Waals surface area contributed by atoms with Crippen LogP contribution in [0.2, 0.25) is 0 Å². The predicted octanol–water partition coefficient (Wildman–Crippen LogP) is 4.02. The highest BCUT2D eigenvalue weighted by Crippen LogP contribution is 2.61. The quantitative estimate of drug-likeness (QED) is 0.651. The van der Waals surface area contributed by atoms with Crippen LogP contribution in [-0.2, 0) is 4.74 Å². The largest absolute Gasteiger partial charge is 0.368 e. The lowest BCUT2D eigenvalue weighted by molar-refractivity contribution is -0.195. The maximum atomic E-state index is 6.60. The number of fused-ring (bicyclic) bond motifs is 4. The van der Waals surface area contributed by atoms with Crippen molar-refractivity contribution in [1.29, 1.82) is 0 Å². The minimum Gasteiger partial charge on any atom is -0.368 e. The number of rotatable bonds is 1. The van der Waals surface area contributed by atoms with Gasteiger partial charge < -0.3 is 4.74 Å². The van der Waals surface area contributed by atoms with Crippen molar-refractivity contribution in [1.82, 2.24) is 0 Å². The zero-order valence-electron chi connectivity index (χ0n) is 11.3. The molecule has 0 aromatic heterocycles. The normalized spacial score (nSPS) is 55.7. The van der Waals surface area contributed by atoms with Crippen molar-refractivity contribution in [3.63, 3.8) is 0 Å². The Bertz CT molecular complexity index is 298. The van der Waals surface area contributed by atoms with E-state index >= 15 is 0 Å². The standard InChI is InChI=1S/C15H26O/c1-10(2)15-8-7-14(4,16-15)13-6-5-11(3)12(13)9-15/h10-13H,5-9H2,1-4H3/t11-,12-,13+,14+,15-/m0/s1. The van der Waals surface area contributed by atoms with Crippen LogP contribution < -0.4 is 0 Å². The van der Waals surface area contributed by atoms with Crippen LogP contribution in [0.4, 0.5) is 0 Å². The van der Waals surface area contributed by atoms with Crippen molar-refractivity contribution in [3.05, 3.63) is 0 Å². The lowest BCUT2D eigenvalue weighted by Crippen LogP contribution is -2.50. The summed E-state index contributed by atoms with van der Waals surface area (Å²) in [5.41, 5.74) is 0.451. The van der Waals surface area contributed by atoms with E-state index in [0.717, 1.165) is 17.8 Å². The van der Waals surface area contributed by atoms with E-state index in [-0.39, 0.29) is 11.2 Å². The van der Waals surface area contributed by atoms with Gasteiger partial charge in [0.05, 0.1) is 11.2 Å². The molecule has 0 aromatic rings. The first-order valence-corrected chi connectivity index (χ1v) is 7.17. The summed E-state index contributed by atoms with van der Waals surface area (Å²) in [5, 5.41) is 0. The zero-order chi connectivity index (χ0) is 11.6. The SMILES string of the molecule is CC(C)[C@@]12CC[C@@](C)(O1)[C@@H]1CC[C@H](C)[C@@H]1C2. The molecule has 1 aliphatic carbocycles. The molecule has 1 saturated carbocycles. The number of hydrogen-bond donors (Lipinski definition) is 0. The van der Waals surface area contributed by atoms with Crippen LogP contribution in [0.1, 0.15) is 59.8 Å². The third-order valence-corrected chi connectivity index (χ3v) is 6.08. The summed E-state index contributed by atoms with van der Waals surface area (Å²) in [4.78, 5) is 0. The minimum absolute atomic E-state index is 0.220. The molecule has 0 N–H and O–H groups in total. The molecule has 5 atom stereocenters. The van der Waals surface area contributed by atoms with Crippen molar-refractivity contribution >= 4 is 0 Å². The molecule has 16 heavy (non-hydrogen) atoms. The Morgan fingerprint density at radius 1 is 1.19 bits per heavy atom. The lowest BCUT2D eigenvalue weighted by atomic mass is 9.72. The Morgan fingerprint density at radius 3 is 2.62 bits per heavy atom. The first kappa shape index (κ1) is 11.1. The molecule has 92 valence electrons. The molecule has 3 rings (SSSR count). The van der Waals surface area contributed by atoms with Gasteiger partial charge in [-0.2, -0.15) is 0 Å². The van der Waals surface area contributed by atoms with E-state index in [4.69, 9.17) is 4.74 Å². The second-order valence-corrected chi connectivity index (χ2v) is 7.16. The fourth-order valence-electron chi connectivity index (χ4n) is 4.84. The van der Waals surface area contributed by atoms with Crippen LogP contribution in [0.15, 0.2) is 0 Å². The van der Waals surface area contributed by atoms with E-state index in [0.29, 0.717) is 5.92 Å². The Kier molecular flexibility index (Phi) is 2.25. The molecule has 1 heteroatoms. The van der Waals surface area contributed by atoms with Gasteiger partial charge in [0.1, 0.15) is 0 Å². The Hall–Kier alpha value is -0.0400. The summed E-state index contributed by atoms with van der Waals surface area (Å²) < 4.78 is 6.60. The topological polar surface area (TPSA) is 9.23 Å². The van der Waals surface area contributed by atoms with Gasteiger partial charge in [-0.15, -0.1) is 0 Å². The van der Waals surface area contributed by atoms with Crippen LogP contribution in [0.25, 0.3) is 0 Å². The number of hydrogen-bond acceptors (Lipinski definition) is 1. The minimum atomic E-state index is 0.220. The van der Waals surface area contributed by atoms with Crippen molar-refractivity contribution in [2.75, 3.05) is 0 Å². The van der Waals surface area contributed by atoms with E-state index in [2.05, 4.69) is 27.7 Å². The van der Waals surface area contributed by atoms with Gasteiger partial charge in [-0.05, 0) is 56.3 Å². The van der Waals surface area contributed by atoms with Gasteiger partial charge in [0.25, 0.3) is 0 Å². The van der Waals surface area contributed by atoms with E-state index in [1.807, 2.05) is 0 Å². The second kappa shape index (κ2) is 3.25. The summed E-state index contributed by atoms with van der Waals surface area (Å²) in [6, 6.07) is 0. The molecule has 2 heterocycles. The van der Waals surface area contributed by atoms with Gasteiger partial charge in [-0.3, -0.25) is 0 Å². The van der Waals surface area contributed by atoms with E-state index in [1.54, 1.807) is 0 Å². The third kappa shape index (κ3) is 1.27. The summed E-state index contributed by atoms with van der Waals surface area (Å²) in [6.45, 7) is 9.57. The lowest BCUT2D eigenvalue weighted by Gasteiger charge is -2.48. The Labute approximate surface area is 99.9 Å². The molecule has 3 aliphatic rings. The van der Waals surface area contributed by atoms with Gasteiger partial charge in [-0.1, -0.05) is 27.2 Å². The average Bonchev–Trinajstić information content (AvgIpc) is 2.71. The Balaban J connectivity index is 1.95. The van der Waals surface area contributed by atoms with Gasteiger partial charge in [0.2, 0.25) is 0 Å². The first-order valence-electron chi connectivity index (χ1n) is 7.17. The first-order chi connectivity index (χ1) is 7.47. The Morgan fingerprint density at radius 2 is 1.94 bits per heavy atom. The summed E-state index contributed by atoms with van der Waals surface area (Å²) in [5.74, 6) is 3.42. The molecule has 0 unspecified atom stereocenters. The van der Waals surface area contributed by atoms with Gasteiger partial charge in [0.15, 0.2) is 0 Å². The molecule has 2 saturated heterocycles. The van der Waals surface area contributed by atoms with Crippen LogP contribution in [-0.4, -0.2) is 11.2 Å². The highest BCUT2D eigenvalue weighted by Gasteiger charge is 2.61. The van der Waals surface area contributed by atoms with Gasteiger partial charge in [0, 0.05) is 0 Å². The summed E-state index contributed by atoms with van der Waals surface area (Å²) in [7, 11) is 0. The molecular weight excluding hydrogens is 196 g/mol. The fourth-order valence-corrected chi connectivity index (χ4v) is 4.84. The van der Waals surface area contributed by atoms with Crippen LogP contribution in [0.5, 0.6) is 0 Å². The summed E-state index contributed by atoms with van der Waals surface area (Å²) in [6.07, 6.45) is 6.80. The van der Waals surface area contributed by atoms with E-state index < -0.39 is 0 Å². The van der Waals surface area contributed by atoms with E-state index in [1.165, 1.54) is 32.1 Å². The predicted molar refractivity (Wildman–Crippen MR) is 66.3 cm³/mol. The van der Waals surface area contributed by atoms with Crippen molar-refractivity contribution < 1.29 is 4.74 Å². The zero-order valence-corrected chi connectivity index (χ0v) is 11.3. The number of ether oxygens (including phenoxy) is 1. The van der Waals surface area contributed by atoms with E-state index in [9.17, 15) is 0 Å². The van der Waals surface area contributed by atoms with Crippen molar-refractivity contribution in [3.8, 4) is 0 Å². The van der Waals surface area contributed by atoms with Crippen LogP contribution in [0.3, 0.4) is 0 Å². The van der Waals surface area contributed by atoms with Crippen molar-refractivity contribution in [2.24, 2.45) is 23.7 Å². The molecular formula is C15H26O. The molecule has 3 fully saturated rings. The van der Waals surface area contributed by atoms with Crippen molar-refractivity contribution in [2.45, 2.75) is 71.0 Å². The fraction of sp³-hybridized carbons (Fsp3) is 1.00. The van der Waals surface area contributed by atoms with Gasteiger partial charge in [-0.25, -0.2) is 0 Å². The highest BCUT2D eigenvalue weighted by molar-refractivity contribution is 5.10.